The number of nitrogens with one attached hydrogen (secondary N) is 1. The second-order valence-corrected chi connectivity index (χ2v) is 6.80. The lowest BCUT2D eigenvalue weighted by Crippen LogP contribution is -2.43. The molecule has 1 saturated carbocycles. The quantitative estimate of drug-likeness (QED) is 0.581. The molecule has 5 heteroatoms. The third-order valence-electron chi connectivity index (χ3n) is 3.72. The van der Waals surface area contributed by atoms with Gasteiger partial charge in [-0.15, -0.1) is 0 Å². The molecule has 0 aliphatic heterocycles. The molecular weight excluding hydrogens is 266 g/mol. The van der Waals surface area contributed by atoms with Crippen molar-refractivity contribution in [3.05, 3.63) is 0 Å². The third kappa shape index (κ3) is 8.39. The van der Waals surface area contributed by atoms with Gasteiger partial charge in [0.2, 0.25) is 0 Å². The number of carbonyl (C=O) groups excluding carboxylic acids is 1. The Bertz CT molecular complexity index is 304. The van der Waals surface area contributed by atoms with E-state index < -0.39 is 0 Å². The summed E-state index contributed by atoms with van der Waals surface area (Å²) < 4.78 is 4.92. The van der Waals surface area contributed by atoms with Crippen molar-refractivity contribution >= 4 is 5.97 Å². The van der Waals surface area contributed by atoms with E-state index in [1.165, 1.54) is 20.0 Å². The molecule has 1 unspecified atom stereocenters. The topological polar surface area (TPSA) is 44.8 Å². The highest BCUT2D eigenvalue weighted by Crippen LogP contribution is 2.20. The van der Waals surface area contributed by atoms with E-state index in [2.05, 4.69) is 43.1 Å². The molecule has 1 aliphatic carbocycles. The van der Waals surface area contributed by atoms with Crippen LogP contribution in [0, 0.1) is 5.92 Å². The number of likely N-dealkylation sites (N-methyl/N-ethyl adjacent to an activating group) is 1. The van der Waals surface area contributed by atoms with Gasteiger partial charge >= 0.3 is 5.97 Å². The monoisotopic (exact) mass is 299 g/mol. The van der Waals surface area contributed by atoms with Crippen molar-refractivity contribution in [3.8, 4) is 0 Å². The molecule has 0 heterocycles. The summed E-state index contributed by atoms with van der Waals surface area (Å²) in [5.41, 5.74) is 0. The van der Waals surface area contributed by atoms with Crippen LogP contribution in [0.25, 0.3) is 0 Å². The van der Waals surface area contributed by atoms with Crippen LogP contribution in [0.4, 0.5) is 0 Å². The molecule has 5 nitrogen and oxygen atoms in total. The summed E-state index contributed by atoms with van der Waals surface area (Å²) in [5.74, 6) is 0.513. The van der Waals surface area contributed by atoms with Gasteiger partial charge in [-0.1, -0.05) is 13.8 Å². The largest absolute Gasteiger partial charge is 0.468 e. The number of rotatable bonds is 11. The molecule has 1 rings (SSSR count). The minimum Gasteiger partial charge on any atom is -0.468 e. The van der Waals surface area contributed by atoms with E-state index in [4.69, 9.17) is 4.74 Å². The van der Waals surface area contributed by atoms with Crippen molar-refractivity contribution < 1.29 is 9.53 Å². The number of nitrogens with zero attached hydrogens (tertiary/aromatic N) is 2. The lowest BCUT2D eigenvalue weighted by molar-refractivity contribution is -0.143. The fourth-order valence-electron chi connectivity index (χ4n) is 2.41. The second-order valence-electron chi connectivity index (χ2n) is 6.80. The standard InChI is InChI=1S/C16H33N3O2/c1-13(2)12-19(11-10-18(3)4)9-8-15(16(20)21-5)17-14-6-7-14/h13-15,17H,6-12H2,1-5H3. The van der Waals surface area contributed by atoms with Crippen LogP contribution < -0.4 is 5.32 Å². The van der Waals surface area contributed by atoms with Gasteiger partial charge < -0.3 is 19.9 Å². The van der Waals surface area contributed by atoms with E-state index in [1.54, 1.807) is 0 Å². The van der Waals surface area contributed by atoms with Crippen molar-refractivity contribution in [3.63, 3.8) is 0 Å². The highest BCUT2D eigenvalue weighted by atomic mass is 16.5. The Hall–Kier alpha value is -0.650. The number of ether oxygens (including phenoxy) is 1. The van der Waals surface area contributed by atoms with Crippen molar-refractivity contribution in [2.24, 2.45) is 5.92 Å². The first-order valence-corrected chi connectivity index (χ1v) is 8.13. The average molecular weight is 299 g/mol. The summed E-state index contributed by atoms with van der Waals surface area (Å²) in [5, 5.41) is 3.40. The second kappa shape index (κ2) is 9.38. The maximum Gasteiger partial charge on any atom is 0.322 e. The Morgan fingerprint density at radius 3 is 2.38 bits per heavy atom. The van der Waals surface area contributed by atoms with E-state index in [0.29, 0.717) is 12.0 Å². The zero-order valence-electron chi connectivity index (χ0n) is 14.4. The van der Waals surface area contributed by atoms with E-state index in [1.807, 2.05) is 0 Å². The van der Waals surface area contributed by atoms with Crippen molar-refractivity contribution in [2.75, 3.05) is 47.4 Å². The summed E-state index contributed by atoms with van der Waals surface area (Å²) in [6.07, 6.45) is 3.19. The summed E-state index contributed by atoms with van der Waals surface area (Å²) in [6, 6.07) is 0.367. The van der Waals surface area contributed by atoms with Crippen LogP contribution in [0.5, 0.6) is 0 Å². The number of hydrogen-bond donors (Lipinski definition) is 1. The molecule has 0 aromatic heterocycles. The van der Waals surface area contributed by atoms with Gasteiger partial charge in [0.15, 0.2) is 0 Å². The van der Waals surface area contributed by atoms with Crippen molar-refractivity contribution in [1.29, 1.82) is 0 Å². The molecule has 21 heavy (non-hydrogen) atoms. The highest BCUT2D eigenvalue weighted by Gasteiger charge is 2.29. The van der Waals surface area contributed by atoms with E-state index in [-0.39, 0.29) is 12.0 Å². The number of hydrogen-bond acceptors (Lipinski definition) is 5. The molecule has 0 radical (unpaired) electrons. The molecule has 0 aromatic carbocycles. The first kappa shape index (κ1) is 18.4. The Morgan fingerprint density at radius 2 is 1.90 bits per heavy atom. The molecule has 1 atom stereocenters. The zero-order valence-corrected chi connectivity index (χ0v) is 14.4. The summed E-state index contributed by atoms with van der Waals surface area (Å²) in [6.45, 7) is 8.58. The minimum absolute atomic E-state index is 0.126. The third-order valence-corrected chi connectivity index (χ3v) is 3.72. The van der Waals surface area contributed by atoms with Gasteiger partial charge in [0.05, 0.1) is 7.11 Å². The Kier molecular flexibility index (Phi) is 8.22. The van der Waals surface area contributed by atoms with Crippen LogP contribution in [0.1, 0.15) is 33.1 Å². The molecule has 1 aliphatic rings. The average Bonchev–Trinajstić information content (AvgIpc) is 3.22. The van der Waals surface area contributed by atoms with Crippen LogP contribution in [-0.4, -0.2) is 75.2 Å². The fraction of sp³-hybridized carbons (Fsp3) is 0.938. The summed E-state index contributed by atoms with van der Waals surface area (Å²) in [4.78, 5) is 16.5. The Morgan fingerprint density at radius 1 is 1.24 bits per heavy atom. The fourth-order valence-corrected chi connectivity index (χ4v) is 2.41. The van der Waals surface area contributed by atoms with Gasteiger partial charge in [-0.05, 0) is 39.3 Å². The van der Waals surface area contributed by atoms with E-state index in [0.717, 1.165) is 32.6 Å². The first-order chi connectivity index (χ1) is 9.92. The van der Waals surface area contributed by atoms with Gasteiger partial charge in [0, 0.05) is 32.2 Å². The molecule has 0 bridgehead atoms. The molecule has 124 valence electrons. The predicted octanol–water partition coefficient (Wildman–Crippen LogP) is 1.19. The van der Waals surface area contributed by atoms with Crippen LogP contribution in [-0.2, 0) is 9.53 Å². The summed E-state index contributed by atoms with van der Waals surface area (Å²) in [7, 11) is 5.67. The smallest absolute Gasteiger partial charge is 0.322 e. The molecule has 0 saturated heterocycles. The lowest BCUT2D eigenvalue weighted by atomic mass is 10.1. The first-order valence-electron chi connectivity index (χ1n) is 8.13. The van der Waals surface area contributed by atoms with Gasteiger partial charge in [0.1, 0.15) is 6.04 Å². The minimum atomic E-state index is -0.156. The molecule has 1 N–H and O–H groups in total. The number of esters is 1. The summed E-state index contributed by atoms with van der Waals surface area (Å²) >= 11 is 0. The highest BCUT2D eigenvalue weighted by molar-refractivity contribution is 5.75. The number of carbonyl (C=O) groups is 1. The van der Waals surface area contributed by atoms with Crippen molar-refractivity contribution in [1.82, 2.24) is 15.1 Å². The Balaban J connectivity index is 2.43. The maximum absolute atomic E-state index is 11.9. The van der Waals surface area contributed by atoms with Crippen LogP contribution in [0.3, 0.4) is 0 Å². The molecule has 1 fully saturated rings. The van der Waals surface area contributed by atoms with Crippen LogP contribution in [0.15, 0.2) is 0 Å². The maximum atomic E-state index is 11.9. The SMILES string of the molecule is COC(=O)C(CCN(CCN(C)C)CC(C)C)NC1CC1. The zero-order chi connectivity index (χ0) is 15.8. The lowest BCUT2D eigenvalue weighted by Gasteiger charge is -2.27. The van der Waals surface area contributed by atoms with Crippen LogP contribution >= 0.6 is 0 Å². The molecule has 0 spiro atoms. The van der Waals surface area contributed by atoms with E-state index >= 15 is 0 Å². The van der Waals surface area contributed by atoms with Gasteiger partial charge in [-0.3, -0.25) is 4.79 Å². The normalized spacial score (nSPS) is 16.8. The van der Waals surface area contributed by atoms with E-state index in [9.17, 15) is 4.79 Å². The van der Waals surface area contributed by atoms with Gasteiger partial charge in [0.25, 0.3) is 0 Å². The molecule has 0 amide bonds. The van der Waals surface area contributed by atoms with Gasteiger partial charge in [-0.2, -0.15) is 0 Å². The molecule has 0 aromatic rings. The number of methoxy groups -OCH3 is 1. The Labute approximate surface area is 130 Å². The van der Waals surface area contributed by atoms with Crippen LogP contribution in [0.2, 0.25) is 0 Å². The molecular formula is C16H33N3O2. The van der Waals surface area contributed by atoms with Gasteiger partial charge in [-0.25, -0.2) is 0 Å². The van der Waals surface area contributed by atoms with Crippen molar-refractivity contribution in [2.45, 2.75) is 45.2 Å². The predicted molar refractivity (Wildman–Crippen MR) is 86.4 cm³/mol.